The fourth-order valence-electron chi connectivity index (χ4n) is 4.63. The summed E-state index contributed by atoms with van der Waals surface area (Å²) in [6.45, 7) is 4.47. The van der Waals surface area contributed by atoms with Crippen LogP contribution in [0.3, 0.4) is 0 Å². The zero-order chi connectivity index (χ0) is 24.8. The minimum Gasteiger partial charge on any atom is -0.494 e. The van der Waals surface area contributed by atoms with Crippen molar-refractivity contribution in [3.05, 3.63) is 48.0 Å². The van der Waals surface area contributed by atoms with Gasteiger partial charge in [0.15, 0.2) is 0 Å². The van der Waals surface area contributed by atoms with E-state index in [2.05, 4.69) is 4.72 Å². The highest BCUT2D eigenvalue weighted by molar-refractivity contribution is 7.92. The van der Waals surface area contributed by atoms with Crippen LogP contribution in [0.1, 0.15) is 51.0 Å². The van der Waals surface area contributed by atoms with Gasteiger partial charge in [0.1, 0.15) is 5.75 Å². The van der Waals surface area contributed by atoms with Crippen molar-refractivity contribution in [2.75, 3.05) is 35.9 Å². The summed E-state index contributed by atoms with van der Waals surface area (Å²) < 4.78 is 33.8. The van der Waals surface area contributed by atoms with E-state index >= 15 is 0 Å². The summed E-state index contributed by atoms with van der Waals surface area (Å²) in [5.74, 6) is 0.613. The van der Waals surface area contributed by atoms with E-state index < -0.39 is 10.0 Å². The number of nitrogens with zero attached hydrogens (tertiary/aromatic N) is 2. The Bertz CT molecular complexity index is 1160. The van der Waals surface area contributed by atoms with Gasteiger partial charge in [0.25, 0.3) is 10.0 Å². The molecule has 35 heavy (non-hydrogen) atoms. The van der Waals surface area contributed by atoms with Crippen molar-refractivity contribution in [2.24, 2.45) is 0 Å². The lowest BCUT2D eigenvalue weighted by Crippen LogP contribution is -2.34. The maximum atomic E-state index is 12.9. The SMILES string of the molecule is CCOc1ccc(NS(=O)(=O)c2ccc3c(c2)CCN3C(=O)CCC(=O)N2CCCCCC2)cc1. The van der Waals surface area contributed by atoms with Crippen molar-refractivity contribution in [2.45, 2.75) is 56.8 Å². The topological polar surface area (TPSA) is 96.0 Å². The quantitative estimate of drug-likeness (QED) is 0.593. The van der Waals surface area contributed by atoms with Crippen LogP contribution in [0.15, 0.2) is 47.4 Å². The van der Waals surface area contributed by atoms with Gasteiger partial charge in [-0.3, -0.25) is 14.3 Å². The van der Waals surface area contributed by atoms with Gasteiger partial charge in [-0.2, -0.15) is 0 Å². The minimum absolute atomic E-state index is 0.0430. The Kier molecular flexibility index (Phi) is 7.95. The molecule has 0 unspecified atom stereocenters. The molecule has 0 aliphatic carbocycles. The van der Waals surface area contributed by atoms with Crippen LogP contribution in [-0.2, 0) is 26.0 Å². The molecule has 2 aliphatic heterocycles. The molecule has 188 valence electrons. The van der Waals surface area contributed by atoms with Crippen LogP contribution in [0.25, 0.3) is 0 Å². The maximum absolute atomic E-state index is 12.9. The molecule has 0 atom stereocenters. The van der Waals surface area contributed by atoms with Gasteiger partial charge in [-0.25, -0.2) is 8.42 Å². The van der Waals surface area contributed by atoms with Crippen molar-refractivity contribution in [3.63, 3.8) is 0 Å². The molecule has 0 saturated carbocycles. The van der Waals surface area contributed by atoms with Crippen LogP contribution in [0, 0.1) is 0 Å². The monoisotopic (exact) mass is 499 g/mol. The molecule has 4 rings (SSSR count). The summed E-state index contributed by atoms with van der Waals surface area (Å²) in [7, 11) is -3.78. The van der Waals surface area contributed by atoms with Crippen LogP contribution >= 0.6 is 0 Å². The highest BCUT2D eigenvalue weighted by atomic mass is 32.2. The first kappa shape index (κ1) is 25.0. The fourth-order valence-corrected chi connectivity index (χ4v) is 5.74. The average Bonchev–Trinajstić information content (AvgIpc) is 3.08. The number of benzene rings is 2. The van der Waals surface area contributed by atoms with Gasteiger partial charge in [-0.05, 0) is 74.2 Å². The van der Waals surface area contributed by atoms with Gasteiger partial charge in [-0.15, -0.1) is 0 Å². The Morgan fingerprint density at radius 2 is 1.60 bits per heavy atom. The molecule has 2 aliphatic rings. The van der Waals surface area contributed by atoms with Crippen LogP contribution in [0.5, 0.6) is 5.75 Å². The van der Waals surface area contributed by atoms with E-state index in [1.54, 1.807) is 41.3 Å². The summed E-state index contributed by atoms with van der Waals surface area (Å²) in [6.07, 6.45) is 5.31. The summed E-state index contributed by atoms with van der Waals surface area (Å²) in [6, 6.07) is 11.6. The molecule has 2 amide bonds. The number of fused-ring (bicyclic) bond motifs is 1. The number of carbonyl (C=O) groups excluding carboxylic acids is 2. The molecule has 0 bridgehead atoms. The molecule has 8 nitrogen and oxygen atoms in total. The number of carbonyl (C=O) groups is 2. The number of rotatable bonds is 8. The Balaban J connectivity index is 1.38. The second-order valence-corrected chi connectivity index (χ2v) is 10.6. The number of likely N-dealkylation sites (tertiary alicyclic amines) is 1. The van der Waals surface area contributed by atoms with E-state index in [0.717, 1.165) is 50.0 Å². The minimum atomic E-state index is -3.78. The van der Waals surface area contributed by atoms with Gasteiger partial charge < -0.3 is 14.5 Å². The molecule has 2 heterocycles. The maximum Gasteiger partial charge on any atom is 0.261 e. The van der Waals surface area contributed by atoms with Gasteiger partial charge >= 0.3 is 0 Å². The summed E-state index contributed by atoms with van der Waals surface area (Å²) in [5.41, 5.74) is 1.98. The standard InChI is InChI=1S/C26H33N3O5S/c1-2-34-22-9-7-21(8-10-22)27-35(32,33)23-11-12-24-20(19-23)15-18-29(24)26(31)14-13-25(30)28-16-5-3-4-6-17-28/h7-12,19,27H,2-6,13-18H2,1H3. The van der Waals surface area contributed by atoms with Crippen molar-refractivity contribution in [1.29, 1.82) is 0 Å². The van der Waals surface area contributed by atoms with Gasteiger partial charge in [0, 0.05) is 43.9 Å². The first-order valence-corrected chi connectivity index (χ1v) is 13.8. The molecule has 0 aromatic heterocycles. The third-order valence-corrected chi connectivity index (χ3v) is 7.87. The van der Waals surface area contributed by atoms with E-state index in [4.69, 9.17) is 4.74 Å². The molecule has 1 fully saturated rings. The van der Waals surface area contributed by atoms with E-state index in [9.17, 15) is 18.0 Å². The van der Waals surface area contributed by atoms with E-state index in [1.807, 2.05) is 11.8 Å². The third-order valence-electron chi connectivity index (χ3n) is 6.49. The average molecular weight is 500 g/mol. The normalized spacial score (nSPS) is 15.9. The highest BCUT2D eigenvalue weighted by Crippen LogP contribution is 2.31. The Hall–Kier alpha value is -3.07. The molecule has 9 heteroatoms. The summed E-state index contributed by atoms with van der Waals surface area (Å²) in [4.78, 5) is 29.1. The second kappa shape index (κ2) is 11.1. The van der Waals surface area contributed by atoms with Crippen LogP contribution in [0.4, 0.5) is 11.4 Å². The molecule has 2 aromatic rings. The molecule has 1 saturated heterocycles. The Morgan fingerprint density at radius 1 is 0.914 bits per heavy atom. The predicted octanol–water partition coefficient (Wildman–Crippen LogP) is 3.96. The van der Waals surface area contributed by atoms with Crippen LogP contribution in [-0.4, -0.2) is 51.4 Å². The molecule has 2 aromatic carbocycles. The molecular weight excluding hydrogens is 466 g/mol. The lowest BCUT2D eigenvalue weighted by molar-refractivity contribution is -0.133. The van der Waals surface area contributed by atoms with E-state index in [-0.39, 0.29) is 29.6 Å². The number of ether oxygens (including phenoxy) is 1. The van der Waals surface area contributed by atoms with Crippen molar-refractivity contribution < 1.29 is 22.7 Å². The molecule has 1 N–H and O–H groups in total. The Labute approximate surface area is 207 Å². The van der Waals surface area contributed by atoms with Crippen molar-refractivity contribution in [1.82, 2.24) is 4.90 Å². The zero-order valence-corrected chi connectivity index (χ0v) is 21.0. The molecular formula is C26H33N3O5S. The lowest BCUT2D eigenvalue weighted by atomic mass is 10.2. The largest absolute Gasteiger partial charge is 0.494 e. The third kappa shape index (κ3) is 6.14. The Morgan fingerprint density at radius 3 is 2.29 bits per heavy atom. The number of sulfonamides is 1. The summed E-state index contributed by atoms with van der Waals surface area (Å²) >= 11 is 0. The smallest absolute Gasteiger partial charge is 0.261 e. The lowest BCUT2D eigenvalue weighted by Gasteiger charge is -2.21. The van der Waals surface area contributed by atoms with Gasteiger partial charge in [-0.1, -0.05) is 12.8 Å². The van der Waals surface area contributed by atoms with Crippen LogP contribution in [0.2, 0.25) is 0 Å². The number of hydrogen-bond donors (Lipinski definition) is 1. The fraction of sp³-hybridized carbons (Fsp3) is 0.462. The first-order chi connectivity index (χ1) is 16.9. The van der Waals surface area contributed by atoms with Crippen molar-refractivity contribution >= 4 is 33.2 Å². The molecule has 0 radical (unpaired) electrons. The first-order valence-electron chi connectivity index (χ1n) is 12.3. The number of nitrogens with one attached hydrogen (secondary N) is 1. The predicted molar refractivity (Wildman–Crippen MR) is 135 cm³/mol. The second-order valence-electron chi connectivity index (χ2n) is 8.94. The van der Waals surface area contributed by atoms with Crippen molar-refractivity contribution in [3.8, 4) is 5.75 Å². The van der Waals surface area contributed by atoms with Gasteiger partial charge in [0.2, 0.25) is 11.8 Å². The number of amides is 2. The van der Waals surface area contributed by atoms with E-state index in [1.165, 1.54) is 6.07 Å². The van der Waals surface area contributed by atoms with Crippen LogP contribution < -0.4 is 14.4 Å². The van der Waals surface area contributed by atoms with Gasteiger partial charge in [0.05, 0.1) is 11.5 Å². The highest BCUT2D eigenvalue weighted by Gasteiger charge is 2.27. The molecule has 0 spiro atoms. The number of hydrogen-bond acceptors (Lipinski definition) is 5. The van der Waals surface area contributed by atoms with E-state index in [0.29, 0.717) is 31.0 Å². The zero-order valence-electron chi connectivity index (χ0n) is 20.2. The summed E-state index contributed by atoms with van der Waals surface area (Å²) in [5, 5.41) is 0. The number of anilines is 2.